The van der Waals surface area contributed by atoms with Crippen LogP contribution >= 0.6 is 0 Å². The molecule has 2 atom stereocenters. The van der Waals surface area contributed by atoms with Crippen LogP contribution in [0.2, 0.25) is 0 Å². The monoisotopic (exact) mass is 235 g/mol. The number of carbonyl (C=O) groups is 1. The first-order valence-electron chi connectivity index (χ1n) is 5.85. The van der Waals surface area contributed by atoms with Crippen LogP contribution in [0, 0.1) is 0 Å². The van der Waals surface area contributed by atoms with Gasteiger partial charge in [-0.1, -0.05) is 30.3 Å². The van der Waals surface area contributed by atoms with Crippen LogP contribution in [0.4, 0.5) is 0 Å². The molecule has 0 bridgehead atoms. The van der Waals surface area contributed by atoms with Crippen LogP contribution in [-0.4, -0.2) is 46.3 Å². The molecular weight excluding hydrogens is 218 g/mol. The molecule has 1 fully saturated rings. The van der Waals surface area contributed by atoms with Gasteiger partial charge in [0, 0.05) is 19.5 Å². The van der Waals surface area contributed by atoms with Crippen LogP contribution < -0.4 is 0 Å². The fourth-order valence-electron chi connectivity index (χ4n) is 2.30. The molecule has 4 nitrogen and oxygen atoms in total. The molecule has 17 heavy (non-hydrogen) atoms. The highest BCUT2D eigenvalue weighted by Crippen LogP contribution is 2.18. The average molecular weight is 235 g/mol. The Kier molecular flexibility index (Phi) is 3.76. The summed E-state index contributed by atoms with van der Waals surface area (Å²) in [6.07, 6.45) is 0.647. The summed E-state index contributed by atoms with van der Waals surface area (Å²) in [4.78, 5) is 12.9. The highest BCUT2D eigenvalue weighted by Gasteiger charge is 2.35. The molecule has 1 aromatic carbocycles. The molecule has 1 aliphatic heterocycles. The Balaban J connectivity index is 1.92. The van der Waals surface area contributed by atoms with Crippen LogP contribution in [0.25, 0.3) is 0 Å². The number of aliphatic hydroxyl groups is 1. The zero-order valence-corrected chi connectivity index (χ0v) is 9.62. The Morgan fingerprint density at radius 2 is 2.06 bits per heavy atom. The van der Waals surface area contributed by atoms with Crippen molar-refractivity contribution in [3.8, 4) is 0 Å². The molecular formula is C13H17NO3. The Bertz CT molecular complexity index is 380. The molecule has 0 aliphatic carbocycles. The lowest BCUT2D eigenvalue weighted by Crippen LogP contribution is -2.37. The van der Waals surface area contributed by atoms with Gasteiger partial charge in [-0.05, 0) is 12.0 Å². The SMILES string of the molecule is O=C(O)[C@@H]1C[C@@H](O)CN1CCc1ccccc1. The topological polar surface area (TPSA) is 60.8 Å². The van der Waals surface area contributed by atoms with E-state index in [1.54, 1.807) is 0 Å². The molecule has 1 saturated heterocycles. The third-order valence-electron chi connectivity index (χ3n) is 3.20. The van der Waals surface area contributed by atoms with Crippen molar-refractivity contribution in [2.75, 3.05) is 13.1 Å². The van der Waals surface area contributed by atoms with Crippen molar-refractivity contribution >= 4 is 5.97 Å². The van der Waals surface area contributed by atoms with E-state index in [1.807, 2.05) is 35.2 Å². The van der Waals surface area contributed by atoms with Crippen molar-refractivity contribution < 1.29 is 15.0 Å². The van der Waals surface area contributed by atoms with Gasteiger partial charge in [-0.3, -0.25) is 9.69 Å². The number of carboxylic acids is 1. The Hall–Kier alpha value is -1.39. The first-order chi connectivity index (χ1) is 8.16. The van der Waals surface area contributed by atoms with Gasteiger partial charge in [-0.15, -0.1) is 0 Å². The van der Waals surface area contributed by atoms with Crippen molar-refractivity contribution in [2.45, 2.75) is 25.0 Å². The summed E-state index contributed by atoms with van der Waals surface area (Å²) in [7, 11) is 0. The van der Waals surface area contributed by atoms with E-state index in [4.69, 9.17) is 5.11 Å². The quantitative estimate of drug-likeness (QED) is 0.808. The fraction of sp³-hybridized carbons (Fsp3) is 0.462. The lowest BCUT2D eigenvalue weighted by atomic mass is 10.1. The van der Waals surface area contributed by atoms with Crippen LogP contribution in [0.1, 0.15) is 12.0 Å². The zero-order valence-electron chi connectivity index (χ0n) is 9.62. The predicted octanol–water partition coefficient (Wildman–Crippen LogP) is 0.749. The van der Waals surface area contributed by atoms with Crippen molar-refractivity contribution in [3.63, 3.8) is 0 Å². The molecule has 0 saturated carbocycles. The standard InChI is InChI=1S/C13H17NO3/c15-11-8-12(13(16)17)14(9-11)7-6-10-4-2-1-3-5-10/h1-5,11-12,15H,6-9H2,(H,16,17)/t11-,12+/m1/s1. The van der Waals surface area contributed by atoms with Crippen LogP contribution in [0.5, 0.6) is 0 Å². The molecule has 0 spiro atoms. The first kappa shape index (κ1) is 12.1. The van der Waals surface area contributed by atoms with Crippen molar-refractivity contribution in [2.24, 2.45) is 0 Å². The fourth-order valence-corrected chi connectivity index (χ4v) is 2.30. The van der Waals surface area contributed by atoms with Crippen molar-refractivity contribution in [1.82, 2.24) is 4.90 Å². The van der Waals surface area contributed by atoms with Gasteiger partial charge in [0.2, 0.25) is 0 Å². The van der Waals surface area contributed by atoms with E-state index in [1.165, 1.54) is 5.56 Å². The minimum Gasteiger partial charge on any atom is -0.480 e. The van der Waals surface area contributed by atoms with E-state index in [2.05, 4.69) is 0 Å². The minimum atomic E-state index is -0.838. The largest absolute Gasteiger partial charge is 0.480 e. The molecule has 1 aromatic rings. The van der Waals surface area contributed by atoms with Gasteiger partial charge in [0.05, 0.1) is 6.10 Å². The Morgan fingerprint density at radius 1 is 1.35 bits per heavy atom. The lowest BCUT2D eigenvalue weighted by molar-refractivity contribution is -0.142. The second kappa shape index (κ2) is 5.29. The minimum absolute atomic E-state index is 0.337. The number of benzene rings is 1. The highest BCUT2D eigenvalue weighted by molar-refractivity contribution is 5.74. The summed E-state index contributed by atoms with van der Waals surface area (Å²) < 4.78 is 0. The normalized spacial score (nSPS) is 25.0. The molecule has 1 aliphatic rings. The summed E-state index contributed by atoms with van der Waals surface area (Å²) in [6.45, 7) is 1.14. The number of likely N-dealkylation sites (tertiary alicyclic amines) is 1. The van der Waals surface area contributed by atoms with Gasteiger partial charge in [0.1, 0.15) is 6.04 Å². The number of hydrogen-bond donors (Lipinski definition) is 2. The zero-order chi connectivity index (χ0) is 12.3. The van der Waals surface area contributed by atoms with E-state index in [0.717, 1.165) is 6.42 Å². The van der Waals surface area contributed by atoms with E-state index < -0.39 is 18.1 Å². The van der Waals surface area contributed by atoms with E-state index in [9.17, 15) is 9.90 Å². The molecule has 2 rings (SSSR count). The Morgan fingerprint density at radius 3 is 2.71 bits per heavy atom. The summed E-state index contributed by atoms with van der Waals surface area (Å²) in [5, 5.41) is 18.6. The van der Waals surface area contributed by atoms with Crippen molar-refractivity contribution in [1.29, 1.82) is 0 Å². The lowest BCUT2D eigenvalue weighted by Gasteiger charge is -2.20. The van der Waals surface area contributed by atoms with Crippen LogP contribution in [0.15, 0.2) is 30.3 Å². The number of nitrogens with zero attached hydrogens (tertiary/aromatic N) is 1. The summed E-state index contributed by atoms with van der Waals surface area (Å²) in [5.74, 6) is -0.838. The van der Waals surface area contributed by atoms with Gasteiger partial charge >= 0.3 is 5.97 Å². The number of rotatable bonds is 4. The number of β-amino-alcohol motifs (C(OH)–C–C–N with tert-alkyl or cyclic N) is 1. The maximum atomic E-state index is 11.0. The summed E-state index contributed by atoms with van der Waals surface area (Å²) >= 11 is 0. The molecule has 92 valence electrons. The smallest absolute Gasteiger partial charge is 0.321 e. The second-order valence-corrected chi connectivity index (χ2v) is 4.47. The maximum Gasteiger partial charge on any atom is 0.321 e. The van der Waals surface area contributed by atoms with Gasteiger partial charge in [0.25, 0.3) is 0 Å². The molecule has 1 heterocycles. The first-order valence-corrected chi connectivity index (χ1v) is 5.85. The van der Waals surface area contributed by atoms with Gasteiger partial charge in [0.15, 0.2) is 0 Å². The number of hydrogen-bond acceptors (Lipinski definition) is 3. The predicted molar refractivity (Wildman–Crippen MR) is 63.8 cm³/mol. The molecule has 2 N–H and O–H groups in total. The molecule has 0 aromatic heterocycles. The van der Waals surface area contributed by atoms with Crippen LogP contribution in [-0.2, 0) is 11.2 Å². The molecule has 0 unspecified atom stereocenters. The molecule has 4 heteroatoms. The van der Waals surface area contributed by atoms with Gasteiger partial charge < -0.3 is 10.2 Å². The van der Waals surface area contributed by atoms with Crippen LogP contribution in [0.3, 0.4) is 0 Å². The number of carboxylic acid groups (broad SMARTS) is 1. The Labute approximate surface area is 100 Å². The van der Waals surface area contributed by atoms with E-state index in [0.29, 0.717) is 19.5 Å². The van der Waals surface area contributed by atoms with Gasteiger partial charge in [-0.2, -0.15) is 0 Å². The second-order valence-electron chi connectivity index (χ2n) is 4.47. The van der Waals surface area contributed by atoms with Crippen molar-refractivity contribution in [3.05, 3.63) is 35.9 Å². The van der Waals surface area contributed by atoms with Gasteiger partial charge in [-0.25, -0.2) is 0 Å². The average Bonchev–Trinajstić information content (AvgIpc) is 2.69. The molecule has 0 amide bonds. The third kappa shape index (κ3) is 3.05. The summed E-state index contributed by atoms with van der Waals surface area (Å²) in [5.41, 5.74) is 1.19. The highest BCUT2D eigenvalue weighted by atomic mass is 16.4. The summed E-state index contributed by atoms with van der Waals surface area (Å²) in [6, 6.07) is 9.44. The van der Waals surface area contributed by atoms with E-state index >= 15 is 0 Å². The van der Waals surface area contributed by atoms with E-state index in [-0.39, 0.29) is 0 Å². The molecule has 0 radical (unpaired) electrons. The maximum absolute atomic E-state index is 11.0. The third-order valence-corrected chi connectivity index (χ3v) is 3.20. The number of aliphatic hydroxyl groups excluding tert-OH is 1. The number of aliphatic carboxylic acids is 1.